The summed E-state index contributed by atoms with van der Waals surface area (Å²) in [6.45, 7) is 0.858. The van der Waals surface area contributed by atoms with E-state index in [2.05, 4.69) is 0 Å². The first-order chi connectivity index (χ1) is 16.2. The Morgan fingerprint density at radius 1 is 0.606 bits per heavy atom. The second-order valence-corrected chi connectivity index (χ2v) is 8.11. The van der Waals surface area contributed by atoms with E-state index in [0.29, 0.717) is 19.8 Å². The molecule has 6 nitrogen and oxygen atoms in total. The van der Waals surface area contributed by atoms with Crippen LogP contribution in [-0.4, -0.2) is 42.4 Å². The molecular formula is C27H31NO5. The van der Waals surface area contributed by atoms with Crippen molar-refractivity contribution in [1.29, 1.82) is 0 Å². The van der Waals surface area contributed by atoms with Crippen LogP contribution in [0.3, 0.4) is 0 Å². The van der Waals surface area contributed by atoms with E-state index in [4.69, 9.17) is 24.7 Å². The first-order valence-electron chi connectivity index (χ1n) is 11.2. The van der Waals surface area contributed by atoms with Crippen molar-refractivity contribution in [3.63, 3.8) is 0 Å². The van der Waals surface area contributed by atoms with Crippen LogP contribution in [-0.2, 0) is 38.8 Å². The summed E-state index contributed by atoms with van der Waals surface area (Å²) in [6.07, 6.45) is -3.04. The molecule has 1 heterocycles. The zero-order chi connectivity index (χ0) is 22.9. The number of nitrogens with two attached hydrogens (primary N) is 1. The van der Waals surface area contributed by atoms with Gasteiger partial charge in [0, 0.05) is 0 Å². The van der Waals surface area contributed by atoms with Gasteiger partial charge in [-0.1, -0.05) is 91.0 Å². The molecule has 174 valence electrons. The Morgan fingerprint density at radius 2 is 1.00 bits per heavy atom. The first-order valence-corrected chi connectivity index (χ1v) is 11.2. The molecule has 0 radical (unpaired) electrons. The number of benzene rings is 3. The molecule has 3 N–H and O–H groups in total. The summed E-state index contributed by atoms with van der Waals surface area (Å²) in [5.41, 5.74) is 9.42. The number of aliphatic hydroxyl groups excluding tert-OH is 1. The van der Waals surface area contributed by atoms with Crippen molar-refractivity contribution in [2.75, 3.05) is 6.61 Å². The molecule has 1 aliphatic heterocycles. The van der Waals surface area contributed by atoms with Crippen LogP contribution in [0.2, 0.25) is 0 Å². The molecule has 6 heteroatoms. The van der Waals surface area contributed by atoms with Gasteiger partial charge >= 0.3 is 0 Å². The lowest BCUT2D eigenvalue weighted by Crippen LogP contribution is -2.63. The van der Waals surface area contributed by atoms with Gasteiger partial charge in [-0.05, 0) is 16.7 Å². The summed E-state index contributed by atoms with van der Waals surface area (Å²) in [7, 11) is 0. The Morgan fingerprint density at radius 3 is 1.42 bits per heavy atom. The summed E-state index contributed by atoms with van der Waals surface area (Å²) in [4.78, 5) is 0. The van der Waals surface area contributed by atoms with Crippen LogP contribution in [0, 0.1) is 0 Å². The maximum Gasteiger partial charge on any atom is 0.135 e. The average Bonchev–Trinajstić information content (AvgIpc) is 2.87. The summed E-state index contributed by atoms with van der Waals surface area (Å²) in [5.74, 6) is 0. The van der Waals surface area contributed by atoms with Gasteiger partial charge in [0.1, 0.15) is 30.6 Å². The zero-order valence-corrected chi connectivity index (χ0v) is 18.5. The van der Waals surface area contributed by atoms with Crippen molar-refractivity contribution in [3.05, 3.63) is 108 Å². The summed E-state index contributed by atoms with van der Waals surface area (Å²) in [6, 6.07) is 29.7. The third-order valence-electron chi connectivity index (χ3n) is 5.71. The van der Waals surface area contributed by atoms with E-state index in [1.165, 1.54) is 0 Å². The standard InChI is InChI=1S/C27H31NO5/c28-27-26(32-19-22-14-8-3-9-15-22)25(31-18-21-12-6-2-7-13-21)24(23(16-29)33-27)30-17-20-10-4-1-5-11-20/h1-15,23-27,29H,16-19,28H2/t23-,24+,25+,26-,27-/m1/s1. The van der Waals surface area contributed by atoms with E-state index >= 15 is 0 Å². The van der Waals surface area contributed by atoms with E-state index in [1.807, 2.05) is 91.0 Å². The highest BCUT2D eigenvalue weighted by Gasteiger charge is 2.46. The van der Waals surface area contributed by atoms with Gasteiger partial charge in [-0.2, -0.15) is 0 Å². The highest BCUT2D eigenvalue weighted by Crippen LogP contribution is 2.28. The van der Waals surface area contributed by atoms with Crippen molar-refractivity contribution in [1.82, 2.24) is 0 Å². The van der Waals surface area contributed by atoms with Crippen molar-refractivity contribution in [2.24, 2.45) is 5.73 Å². The van der Waals surface area contributed by atoms with Crippen LogP contribution in [0.15, 0.2) is 91.0 Å². The van der Waals surface area contributed by atoms with Crippen LogP contribution in [0.25, 0.3) is 0 Å². The molecule has 4 rings (SSSR count). The molecule has 5 atom stereocenters. The number of hydrogen-bond donors (Lipinski definition) is 2. The third-order valence-corrected chi connectivity index (χ3v) is 5.71. The number of ether oxygens (including phenoxy) is 4. The van der Waals surface area contributed by atoms with Gasteiger partial charge in [0.2, 0.25) is 0 Å². The van der Waals surface area contributed by atoms with Crippen molar-refractivity contribution in [3.8, 4) is 0 Å². The quantitative estimate of drug-likeness (QED) is 0.494. The molecule has 33 heavy (non-hydrogen) atoms. The maximum absolute atomic E-state index is 10.0. The highest BCUT2D eigenvalue weighted by molar-refractivity contribution is 5.15. The first kappa shape index (κ1) is 23.6. The summed E-state index contributed by atoms with van der Waals surface area (Å²) < 4.78 is 24.7. The van der Waals surface area contributed by atoms with Crippen LogP contribution in [0.4, 0.5) is 0 Å². The largest absolute Gasteiger partial charge is 0.394 e. The molecule has 0 unspecified atom stereocenters. The molecule has 3 aromatic carbocycles. The Labute approximate surface area is 194 Å². The van der Waals surface area contributed by atoms with Crippen LogP contribution >= 0.6 is 0 Å². The summed E-state index contributed by atoms with van der Waals surface area (Å²) in [5, 5.41) is 10.0. The SMILES string of the molecule is N[C@@H]1O[C@H](CO)[C@H](OCc2ccccc2)[C@H](OCc2ccccc2)[C@H]1OCc1ccccc1. The number of aliphatic hydroxyl groups is 1. The highest BCUT2D eigenvalue weighted by atomic mass is 16.6. The molecule has 1 saturated heterocycles. The predicted molar refractivity (Wildman–Crippen MR) is 125 cm³/mol. The lowest BCUT2D eigenvalue weighted by atomic mass is 9.97. The third kappa shape index (κ3) is 6.48. The topological polar surface area (TPSA) is 83.2 Å². The molecule has 0 aromatic heterocycles. The summed E-state index contributed by atoms with van der Waals surface area (Å²) >= 11 is 0. The van der Waals surface area contributed by atoms with Gasteiger partial charge in [-0.15, -0.1) is 0 Å². The second kappa shape index (κ2) is 12.0. The van der Waals surface area contributed by atoms with Gasteiger partial charge in [-0.25, -0.2) is 0 Å². The Kier molecular flexibility index (Phi) is 8.60. The van der Waals surface area contributed by atoms with Crippen LogP contribution < -0.4 is 5.73 Å². The number of rotatable bonds is 10. The minimum atomic E-state index is -0.761. The molecule has 0 aliphatic carbocycles. The fourth-order valence-electron chi connectivity index (χ4n) is 3.97. The van der Waals surface area contributed by atoms with Gasteiger partial charge in [-0.3, -0.25) is 0 Å². The predicted octanol–water partition coefficient (Wildman–Crippen LogP) is 3.42. The second-order valence-electron chi connectivity index (χ2n) is 8.11. The average molecular weight is 450 g/mol. The molecule has 0 saturated carbocycles. The van der Waals surface area contributed by atoms with Crippen molar-refractivity contribution in [2.45, 2.75) is 50.5 Å². The van der Waals surface area contributed by atoms with Gasteiger partial charge in [0.05, 0.1) is 26.4 Å². The van der Waals surface area contributed by atoms with Crippen molar-refractivity contribution < 1.29 is 24.1 Å². The Balaban J connectivity index is 1.53. The van der Waals surface area contributed by atoms with E-state index < -0.39 is 30.6 Å². The monoisotopic (exact) mass is 449 g/mol. The lowest BCUT2D eigenvalue weighted by Gasteiger charge is -2.44. The molecule has 0 amide bonds. The molecule has 0 spiro atoms. The minimum Gasteiger partial charge on any atom is -0.394 e. The fraction of sp³-hybridized carbons (Fsp3) is 0.333. The van der Waals surface area contributed by atoms with Crippen LogP contribution in [0.1, 0.15) is 16.7 Å². The Hall–Kier alpha value is -2.58. The van der Waals surface area contributed by atoms with Gasteiger partial charge in [0.25, 0.3) is 0 Å². The molecular weight excluding hydrogens is 418 g/mol. The smallest absolute Gasteiger partial charge is 0.135 e. The number of hydrogen-bond acceptors (Lipinski definition) is 6. The van der Waals surface area contributed by atoms with E-state index in [0.717, 1.165) is 16.7 Å². The Bertz CT molecular complexity index is 941. The van der Waals surface area contributed by atoms with Crippen molar-refractivity contribution >= 4 is 0 Å². The molecule has 1 fully saturated rings. The maximum atomic E-state index is 10.0. The fourth-order valence-corrected chi connectivity index (χ4v) is 3.97. The zero-order valence-electron chi connectivity index (χ0n) is 18.5. The molecule has 3 aromatic rings. The minimum absolute atomic E-state index is 0.232. The van der Waals surface area contributed by atoms with E-state index in [-0.39, 0.29) is 6.61 Å². The van der Waals surface area contributed by atoms with Gasteiger partial charge in [0.15, 0.2) is 0 Å². The van der Waals surface area contributed by atoms with Crippen LogP contribution in [0.5, 0.6) is 0 Å². The van der Waals surface area contributed by atoms with Gasteiger partial charge < -0.3 is 29.8 Å². The van der Waals surface area contributed by atoms with E-state index in [1.54, 1.807) is 0 Å². The molecule has 1 aliphatic rings. The van der Waals surface area contributed by atoms with E-state index in [9.17, 15) is 5.11 Å². The molecule has 0 bridgehead atoms. The normalized spacial score (nSPS) is 25.1. The lowest BCUT2D eigenvalue weighted by molar-refractivity contribution is -0.268.